The van der Waals surface area contributed by atoms with E-state index >= 15 is 0 Å². The first-order chi connectivity index (χ1) is 8.04. The van der Waals surface area contributed by atoms with Gasteiger partial charge in [-0.3, -0.25) is 0 Å². The number of halogens is 2. The lowest BCUT2D eigenvalue weighted by Gasteiger charge is -2.12. The molecule has 0 radical (unpaired) electrons. The van der Waals surface area contributed by atoms with Crippen LogP contribution in [-0.4, -0.2) is 25.2 Å². The molecule has 1 heterocycles. The summed E-state index contributed by atoms with van der Waals surface area (Å²) in [4.78, 5) is 14.9. The zero-order valence-corrected chi connectivity index (χ0v) is 9.37. The molecule has 2 N–H and O–H groups in total. The third-order valence-corrected chi connectivity index (χ3v) is 2.14. The molecule has 0 amide bonds. The van der Waals surface area contributed by atoms with Crippen molar-refractivity contribution in [3.8, 4) is 5.88 Å². The van der Waals surface area contributed by atoms with E-state index in [9.17, 15) is 13.6 Å². The van der Waals surface area contributed by atoms with E-state index in [1.807, 2.05) is 0 Å². The summed E-state index contributed by atoms with van der Waals surface area (Å²) in [6.07, 6.45) is -2.78. The number of carbonyl (C=O) groups is 1. The number of aromatic nitrogens is 1. The minimum absolute atomic E-state index is 0.104. The number of nitrogens with zero attached hydrogens (tertiary/aromatic N) is 1. The summed E-state index contributed by atoms with van der Waals surface area (Å²) in [7, 11) is 2.36. The van der Waals surface area contributed by atoms with E-state index in [0.29, 0.717) is 0 Å². The van der Waals surface area contributed by atoms with Crippen LogP contribution in [0.4, 0.5) is 8.78 Å². The smallest absolute Gasteiger partial charge is 0.356 e. The van der Waals surface area contributed by atoms with Crippen LogP contribution < -0.4 is 10.5 Å². The maximum atomic E-state index is 12.8. The summed E-state index contributed by atoms with van der Waals surface area (Å²) in [6, 6.07) is 1.18. The van der Waals surface area contributed by atoms with Crippen LogP contribution in [-0.2, 0) is 11.3 Å². The third kappa shape index (κ3) is 2.68. The Hall–Kier alpha value is -1.76. The molecule has 0 aliphatic carbocycles. The van der Waals surface area contributed by atoms with Crippen LogP contribution in [0.5, 0.6) is 5.88 Å². The molecule has 7 heteroatoms. The van der Waals surface area contributed by atoms with Crippen molar-refractivity contribution < 1.29 is 23.0 Å². The topological polar surface area (TPSA) is 74.4 Å². The summed E-state index contributed by atoms with van der Waals surface area (Å²) in [5.74, 6) is -1.05. The predicted octanol–water partition coefficient (Wildman–Crippen LogP) is 1.27. The fourth-order valence-corrected chi connectivity index (χ4v) is 1.35. The molecule has 0 aliphatic rings. The van der Waals surface area contributed by atoms with Crippen molar-refractivity contribution in [1.82, 2.24) is 4.98 Å². The highest BCUT2D eigenvalue weighted by Gasteiger charge is 2.23. The van der Waals surface area contributed by atoms with Gasteiger partial charge in [0.2, 0.25) is 5.88 Å². The van der Waals surface area contributed by atoms with Gasteiger partial charge < -0.3 is 15.2 Å². The molecule has 0 unspecified atom stereocenters. The first-order valence-corrected chi connectivity index (χ1v) is 4.69. The summed E-state index contributed by atoms with van der Waals surface area (Å²) < 4.78 is 34.8. The van der Waals surface area contributed by atoms with E-state index in [2.05, 4.69) is 9.72 Å². The molecule has 0 fully saturated rings. The number of rotatable bonds is 4. The van der Waals surface area contributed by atoms with E-state index in [1.54, 1.807) is 0 Å². The molecular weight excluding hydrogens is 234 g/mol. The van der Waals surface area contributed by atoms with Gasteiger partial charge in [-0.25, -0.2) is 18.6 Å². The second-order valence-electron chi connectivity index (χ2n) is 3.09. The molecule has 17 heavy (non-hydrogen) atoms. The molecular formula is C10H12F2N2O3. The molecule has 1 aromatic rings. The van der Waals surface area contributed by atoms with Gasteiger partial charge >= 0.3 is 5.97 Å². The van der Waals surface area contributed by atoms with Gasteiger partial charge in [-0.2, -0.15) is 0 Å². The van der Waals surface area contributed by atoms with Crippen molar-refractivity contribution in [2.75, 3.05) is 14.2 Å². The zero-order valence-electron chi connectivity index (χ0n) is 9.37. The lowest BCUT2D eigenvalue weighted by atomic mass is 10.1. The highest BCUT2D eigenvalue weighted by atomic mass is 19.3. The van der Waals surface area contributed by atoms with Crippen LogP contribution in [0.1, 0.15) is 28.0 Å². The van der Waals surface area contributed by atoms with Crippen molar-refractivity contribution in [2.24, 2.45) is 5.73 Å². The summed E-state index contributed by atoms with van der Waals surface area (Å²) in [6.45, 7) is -0.150. The minimum Gasteiger partial charge on any atom is -0.481 e. The fraction of sp³-hybridized carbons (Fsp3) is 0.400. The Balaban J connectivity index is 3.39. The molecule has 0 aliphatic heterocycles. The maximum Gasteiger partial charge on any atom is 0.356 e. The Morgan fingerprint density at radius 3 is 2.59 bits per heavy atom. The second-order valence-corrected chi connectivity index (χ2v) is 3.09. The summed E-state index contributed by atoms with van der Waals surface area (Å²) in [5.41, 5.74) is 4.94. The Labute approximate surface area is 96.5 Å². The Bertz CT molecular complexity index is 399. The number of ether oxygens (including phenoxy) is 2. The van der Waals surface area contributed by atoms with Gasteiger partial charge in [-0.1, -0.05) is 0 Å². The molecule has 0 saturated heterocycles. The first-order valence-electron chi connectivity index (χ1n) is 4.69. The third-order valence-electron chi connectivity index (χ3n) is 2.14. The lowest BCUT2D eigenvalue weighted by Crippen LogP contribution is -2.12. The van der Waals surface area contributed by atoms with Crippen molar-refractivity contribution >= 4 is 5.97 Å². The zero-order chi connectivity index (χ0) is 13.0. The van der Waals surface area contributed by atoms with Crippen LogP contribution in [0.25, 0.3) is 0 Å². The van der Waals surface area contributed by atoms with Crippen molar-refractivity contribution in [3.05, 3.63) is 22.9 Å². The number of esters is 1. The van der Waals surface area contributed by atoms with Crippen molar-refractivity contribution in [1.29, 1.82) is 0 Å². The highest BCUT2D eigenvalue weighted by molar-refractivity contribution is 5.87. The number of carbonyl (C=O) groups excluding carboxylic acids is 1. The van der Waals surface area contributed by atoms with E-state index in [-0.39, 0.29) is 23.7 Å². The number of hydrogen-bond donors (Lipinski definition) is 1. The second kappa shape index (κ2) is 5.53. The van der Waals surface area contributed by atoms with Gasteiger partial charge in [-0.15, -0.1) is 0 Å². The van der Waals surface area contributed by atoms with Crippen LogP contribution in [0.15, 0.2) is 6.07 Å². The van der Waals surface area contributed by atoms with E-state index in [0.717, 1.165) is 0 Å². The van der Waals surface area contributed by atoms with E-state index in [4.69, 9.17) is 10.5 Å². The molecule has 5 nitrogen and oxygen atoms in total. The number of hydrogen-bond acceptors (Lipinski definition) is 5. The fourth-order valence-electron chi connectivity index (χ4n) is 1.35. The number of methoxy groups -OCH3 is 2. The summed E-state index contributed by atoms with van der Waals surface area (Å²) in [5, 5.41) is 0. The van der Waals surface area contributed by atoms with Crippen molar-refractivity contribution in [3.63, 3.8) is 0 Å². The SMILES string of the molecule is COC(=O)c1cc(CN)c(C(F)F)c(OC)n1. The van der Waals surface area contributed by atoms with Crippen LogP contribution in [0, 0.1) is 0 Å². The molecule has 0 spiro atoms. The van der Waals surface area contributed by atoms with Gasteiger partial charge in [0.1, 0.15) is 0 Å². The molecule has 0 aromatic carbocycles. The first kappa shape index (κ1) is 13.3. The standard InChI is InChI=1S/C10H12F2N2O3/c1-16-9-7(8(11)12)5(4-13)3-6(14-9)10(15)17-2/h3,8H,4,13H2,1-2H3. The average Bonchev–Trinajstić information content (AvgIpc) is 2.35. The van der Waals surface area contributed by atoms with Gasteiger partial charge in [0.25, 0.3) is 6.43 Å². The Kier molecular flexibility index (Phi) is 4.33. The quantitative estimate of drug-likeness (QED) is 0.810. The van der Waals surface area contributed by atoms with Gasteiger partial charge in [0, 0.05) is 6.54 Å². The largest absolute Gasteiger partial charge is 0.481 e. The monoisotopic (exact) mass is 246 g/mol. The molecule has 0 saturated carbocycles. The van der Waals surface area contributed by atoms with E-state index < -0.39 is 18.0 Å². The average molecular weight is 246 g/mol. The molecule has 1 rings (SSSR count). The van der Waals surface area contributed by atoms with Crippen molar-refractivity contribution in [2.45, 2.75) is 13.0 Å². The number of pyridine rings is 1. The predicted molar refractivity (Wildman–Crippen MR) is 55.0 cm³/mol. The van der Waals surface area contributed by atoms with Crippen LogP contribution in [0.3, 0.4) is 0 Å². The van der Waals surface area contributed by atoms with Crippen LogP contribution in [0.2, 0.25) is 0 Å². The Morgan fingerprint density at radius 2 is 2.18 bits per heavy atom. The number of alkyl halides is 2. The Morgan fingerprint density at radius 1 is 1.53 bits per heavy atom. The van der Waals surface area contributed by atoms with Crippen LogP contribution >= 0.6 is 0 Å². The van der Waals surface area contributed by atoms with Gasteiger partial charge in [0.05, 0.1) is 19.8 Å². The molecule has 0 bridgehead atoms. The number of nitrogens with two attached hydrogens (primary N) is 1. The summed E-state index contributed by atoms with van der Waals surface area (Å²) >= 11 is 0. The molecule has 94 valence electrons. The minimum atomic E-state index is -2.78. The van der Waals surface area contributed by atoms with Gasteiger partial charge in [-0.05, 0) is 11.6 Å². The molecule has 0 atom stereocenters. The normalized spacial score (nSPS) is 10.5. The van der Waals surface area contributed by atoms with Gasteiger partial charge in [0.15, 0.2) is 5.69 Å². The van der Waals surface area contributed by atoms with E-state index in [1.165, 1.54) is 20.3 Å². The maximum absolute atomic E-state index is 12.8. The molecule has 1 aromatic heterocycles. The lowest BCUT2D eigenvalue weighted by molar-refractivity contribution is 0.0591. The highest BCUT2D eigenvalue weighted by Crippen LogP contribution is 2.31.